The van der Waals surface area contributed by atoms with Gasteiger partial charge in [-0.1, -0.05) is 15.9 Å². The molecule has 1 atom stereocenters. The summed E-state index contributed by atoms with van der Waals surface area (Å²) in [5.41, 5.74) is 0. The smallest absolute Gasteiger partial charge is 0.306 e. The molecule has 0 spiro atoms. The van der Waals surface area contributed by atoms with E-state index >= 15 is 0 Å². The molecule has 0 unspecified atom stereocenters. The van der Waals surface area contributed by atoms with Crippen LogP contribution in [0.1, 0.15) is 6.42 Å². The van der Waals surface area contributed by atoms with Crippen molar-refractivity contribution in [1.82, 2.24) is 4.90 Å². The first kappa shape index (κ1) is 16.7. The molecule has 2 rings (SSSR count). The molecule has 1 saturated heterocycles. The average molecular weight is 376 g/mol. The van der Waals surface area contributed by atoms with Gasteiger partial charge in [0.1, 0.15) is 0 Å². The number of halogens is 2. The van der Waals surface area contributed by atoms with E-state index in [2.05, 4.69) is 15.9 Å². The van der Waals surface area contributed by atoms with Crippen LogP contribution in [0.2, 0.25) is 0 Å². The van der Waals surface area contributed by atoms with E-state index in [4.69, 9.17) is 14.6 Å². The monoisotopic (exact) mass is 375 g/mol. The number of hydrogen-bond acceptors (Lipinski definition) is 4. The first-order valence-corrected chi connectivity index (χ1v) is 7.44. The Morgan fingerprint density at radius 3 is 2.95 bits per heavy atom. The van der Waals surface area contributed by atoms with Crippen molar-refractivity contribution in [3.8, 4) is 5.75 Å². The highest BCUT2D eigenvalue weighted by Crippen LogP contribution is 2.21. The summed E-state index contributed by atoms with van der Waals surface area (Å²) in [6.07, 6.45) is -0.689. The van der Waals surface area contributed by atoms with Crippen LogP contribution in [0.25, 0.3) is 0 Å². The molecule has 22 heavy (non-hydrogen) atoms. The summed E-state index contributed by atoms with van der Waals surface area (Å²) in [6, 6.07) is 4.29. The lowest BCUT2D eigenvalue weighted by atomic mass is 10.2. The first-order valence-electron chi connectivity index (χ1n) is 6.64. The first-order chi connectivity index (χ1) is 10.5. The van der Waals surface area contributed by atoms with Crippen LogP contribution in [0.5, 0.6) is 5.75 Å². The van der Waals surface area contributed by atoms with Crippen LogP contribution < -0.4 is 4.74 Å². The molecular weight excluding hydrogens is 361 g/mol. The lowest BCUT2D eigenvalue weighted by Gasteiger charge is -2.32. The fourth-order valence-electron chi connectivity index (χ4n) is 2.09. The minimum absolute atomic E-state index is 0.00750. The van der Waals surface area contributed by atoms with Gasteiger partial charge in [-0.15, -0.1) is 0 Å². The van der Waals surface area contributed by atoms with Gasteiger partial charge in [-0.2, -0.15) is 0 Å². The van der Waals surface area contributed by atoms with E-state index < -0.39 is 17.9 Å². The minimum atomic E-state index is -0.979. The fraction of sp³-hybridized carbons (Fsp3) is 0.429. The average Bonchev–Trinajstić information content (AvgIpc) is 2.45. The number of carboxylic acid groups (broad SMARTS) is 1. The largest absolute Gasteiger partial charge is 0.481 e. The molecule has 1 amide bonds. The molecule has 6 nitrogen and oxygen atoms in total. The van der Waals surface area contributed by atoms with Crippen molar-refractivity contribution in [1.29, 1.82) is 0 Å². The number of aliphatic carboxylic acids is 1. The SMILES string of the molecule is O=C(O)C[C@@H]1CN(C(=O)COc2ccc(Br)cc2F)CCO1. The highest BCUT2D eigenvalue weighted by Gasteiger charge is 2.26. The number of morpholine rings is 1. The third-order valence-electron chi connectivity index (χ3n) is 3.14. The van der Waals surface area contributed by atoms with Crippen LogP contribution in [0.3, 0.4) is 0 Å². The maximum absolute atomic E-state index is 13.6. The van der Waals surface area contributed by atoms with Gasteiger partial charge >= 0.3 is 5.97 Å². The zero-order chi connectivity index (χ0) is 16.1. The van der Waals surface area contributed by atoms with Gasteiger partial charge in [0.15, 0.2) is 18.2 Å². The number of ether oxygens (including phenoxy) is 2. The summed E-state index contributed by atoms with van der Waals surface area (Å²) in [5, 5.41) is 8.74. The van der Waals surface area contributed by atoms with Gasteiger partial charge in [-0.05, 0) is 18.2 Å². The highest BCUT2D eigenvalue weighted by molar-refractivity contribution is 9.10. The Bertz CT molecular complexity index is 568. The summed E-state index contributed by atoms with van der Waals surface area (Å²) < 4.78 is 24.6. The van der Waals surface area contributed by atoms with Crippen molar-refractivity contribution < 1.29 is 28.6 Å². The predicted octanol–water partition coefficient (Wildman–Crippen LogP) is 1.67. The van der Waals surface area contributed by atoms with E-state index in [1.165, 1.54) is 17.0 Å². The Morgan fingerprint density at radius 1 is 1.50 bits per heavy atom. The molecule has 0 aliphatic carbocycles. The molecule has 0 radical (unpaired) electrons. The number of carboxylic acids is 1. The van der Waals surface area contributed by atoms with E-state index in [9.17, 15) is 14.0 Å². The number of rotatable bonds is 5. The van der Waals surface area contributed by atoms with Crippen LogP contribution in [0, 0.1) is 5.82 Å². The quantitative estimate of drug-likeness (QED) is 0.846. The van der Waals surface area contributed by atoms with Crippen molar-refractivity contribution in [3.63, 3.8) is 0 Å². The van der Waals surface area contributed by atoms with Crippen molar-refractivity contribution in [2.45, 2.75) is 12.5 Å². The second-order valence-electron chi connectivity index (χ2n) is 4.79. The maximum Gasteiger partial charge on any atom is 0.306 e. The normalized spacial score (nSPS) is 18.1. The summed E-state index contributed by atoms with van der Waals surface area (Å²) in [6.45, 7) is 0.521. The second-order valence-corrected chi connectivity index (χ2v) is 5.71. The molecule has 1 aromatic carbocycles. The second kappa shape index (κ2) is 7.55. The summed E-state index contributed by atoms with van der Waals surface area (Å²) in [7, 11) is 0. The van der Waals surface area contributed by atoms with Crippen molar-refractivity contribution in [3.05, 3.63) is 28.5 Å². The molecule has 1 aliphatic rings. The zero-order valence-electron chi connectivity index (χ0n) is 11.6. The Morgan fingerprint density at radius 2 is 2.27 bits per heavy atom. The van der Waals surface area contributed by atoms with Crippen molar-refractivity contribution in [2.75, 3.05) is 26.3 Å². The molecule has 1 heterocycles. The number of nitrogens with zero attached hydrogens (tertiary/aromatic N) is 1. The molecule has 1 fully saturated rings. The van der Waals surface area contributed by atoms with Gasteiger partial charge in [-0.25, -0.2) is 4.39 Å². The van der Waals surface area contributed by atoms with Crippen LogP contribution in [0.15, 0.2) is 22.7 Å². The van der Waals surface area contributed by atoms with E-state index in [1.54, 1.807) is 6.07 Å². The summed E-state index contributed by atoms with van der Waals surface area (Å²) in [4.78, 5) is 24.2. The third-order valence-corrected chi connectivity index (χ3v) is 3.63. The molecule has 0 saturated carbocycles. The molecule has 0 bridgehead atoms. The van der Waals surface area contributed by atoms with E-state index in [0.717, 1.165) is 0 Å². The van der Waals surface area contributed by atoms with Gasteiger partial charge in [0, 0.05) is 17.6 Å². The van der Waals surface area contributed by atoms with Crippen molar-refractivity contribution in [2.24, 2.45) is 0 Å². The van der Waals surface area contributed by atoms with Crippen LogP contribution in [-0.2, 0) is 14.3 Å². The Hall–Kier alpha value is -1.67. The molecule has 1 N–H and O–H groups in total. The Balaban J connectivity index is 1.87. The molecule has 8 heteroatoms. The number of hydrogen-bond donors (Lipinski definition) is 1. The van der Waals surface area contributed by atoms with E-state index in [0.29, 0.717) is 11.0 Å². The highest BCUT2D eigenvalue weighted by atomic mass is 79.9. The standard InChI is InChI=1S/C14H15BrFNO5/c15-9-1-2-12(11(16)5-9)22-8-13(18)17-3-4-21-10(7-17)6-14(19)20/h1-2,5,10H,3-4,6-8H2,(H,19,20)/t10-/m1/s1. The van der Waals surface area contributed by atoms with Crippen LogP contribution in [-0.4, -0.2) is 54.3 Å². The Kier molecular flexibility index (Phi) is 5.73. The van der Waals surface area contributed by atoms with Gasteiger partial charge in [0.05, 0.1) is 19.1 Å². The summed E-state index contributed by atoms with van der Waals surface area (Å²) in [5.74, 6) is -1.88. The van der Waals surface area contributed by atoms with Crippen molar-refractivity contribution >= 4 is 27.8 Å². The summed E-state index contributed by atoms with van der Waals surface area (Å²) >= 11 is 3.13. The van der Waals surface area contributed by atoms with Crippen LogP contribution in [0.4, 0.5) is 4.39 Å². The number of benzene rings is 1. The van der Waals surface area contributed by atoms with E-state index in [-0.39, 0.29) is 37.8 Å². The number of carbonyl (C=O) groups excluding carboxylic acids is 1. The van der Waals surface area contributed by atoms with Gasteiger partial charge in [-0.3, -0.25) is 9.59 Å². The third kappa shape index (κ3) is 4.67. The molecule has 0 aromatic heterocycles. The lowest BCUT2D eigenvalue weighted by molar-refractivity contribution is -0.148. The molecule has 1 aliphatic heterocycles. The maximum atomic E-state index is 13.6. The number of carbonyl (C=O) groups is 2. The predicted molar refractivity (Wildman–Crippen MR) is 78.2 cm³/mol. The number of amides is 1. The molecule has 120 valence electrons. The molecule has 1 aromatic rings. The van der Waals surface area contributed by atoms with Gasteiger partial charge in [0.2, 0.25) is 0 Å². The molecular formula is C14H15BrFNO5. The van der Waals surface area contributed by atoms with E-state index in [1.807, 2.05) is 0 Å². The Labute approximate surface area is 134 Å². The lowest BCUT2D eigenvalue weighted by Crippen LogP contribution is -2.47. The zero-order valence-corrected chi connectivity index (χ0v) is 13.2. The van der Waals surface area contributed by atoms with Crippen LogP contribution >= 0.6 is 15.9 Å². The topological polar surface area (TPSA) is 76.1 Å². The van der Waals surface area contributed by atoms with Gasteiger partial charge in [0.25, 0.3) is 5.91 Å². The fourth-order valence-corrected chi connectivity index (χ4v) is 2.42. The minimum Gasteiger partial charge on any atom is -0.481 e. The van der Waals surface area contributed by atoms with Gasteiger partial charge < -0.3 is 19.5 Å².